The summed E-state index contributed by atoms with van der Waals surface area (Å²) in [5, 5.41) is 3.20. The van der Waals surface area contributed by atoms with Crippen LogP contribution in [0.3, 0.4) is 0 Å². The van der Waals surface area contributed by atoms with Crippen LogP contribution in [0.1, 0.15) is 26.3 Å². The third-order valence-corrected chi connectivity index (χ3v) is 2.38. The Labute approximate surface area is 96.8 Å². The van der Waals surface area contributed by atoms with Gasteiger partial charge >= 0.3 is 5.97 Å². The highest BCUT2D eigenvalue weighted by atomic mass is 16.5. The predicted molar refractivity (Wildman–Crippen MR) is 65.5 cm³/mol. The number of carbonyl (C=O) groups is 1. The first-order valence-electron chi connectivity index (χ1n) is 5.48. The number of anilines is 1. The lowest BCUT2D eigenvalue weighted by Crippen LogP contribution is -2.41. The summed E-state index contributed by atoms with van der Waals surface area (Å²) in [5.41, 5.74) is 1.36. The molecule has 0 aromatic heterocycles. The maximum Gasteiger partial charge on any atom is 0.331 e. The van der Waals surface area contributed by atoms with Gasteiger partial charge in [-0.3, -0.25) is 0 Å². The van der Waals surface area contributed by atoms with E-state index in [0.29, 0.717) is 6.61 Å². The Balaban J connectivity index is 2.80. The second kappa shape index (κ2) is 5.01. The Morgan fingerprint density at radius 2 is 2.00 bits per heavy atom. The van der Waals surface area contributed by atoms with Gasteiger partial charge in [0, 0.05) is 5.69 Å². The first kappa shape index (κ1) is 12.6. The number of para-hydroxylation sites is 1. The maximum absolute atomic E-state index is 11.7. The molecule has 3 heteroatoms. The van der Waals surface area contributed by atoms with Crippen molar-refractivity contribution in [2.75, 3.05) is 11.9 Å². The molecule has 0 radical (unpaired) electrons. The van der Waals surface area contributed by atoms with Crippen LogP contribution in [0.15, 0.2) is 24.3 Å². The van der Waals surface area contributed by atoms with Gasteiger partial charge in [0.25, 0.3) is 0 Å². The molecule has 0 heterocycles. The summed E-state index contributed by atoms with van der Waals surface area (Å²) in [6.07, 6.45) is 0. The van der Waals surface area contributed by atoms with Gasteiger partial charge in [0.15, 0.2) is 0 Å². The van der Waals surface area contributed by atoms with E-state index >= 15 is 0 Å². The molecule has 0 saturated heterocycles. The summed E-state index contributed by atoms with van der Waals surface area (Å²) < 4.78 is 5.02. The van der Waals surface area contributed by atoms with Crippen molar-refractivity contribution in [3.8, 4) is 0 Å². The molecule has 0 unspecified atom stereocenters. The Hall–Kier alpha value is -1.51. The molecule has 0 bridgehead atoms. The molecule has 0 fully saturated rings. The maximum atomic E-state index is 11.7. The lowest BCUT2D eigenvalue weighted by Gasteiger charge is -2.26. The number of hydrogen-bond donors (Lipinski definition) is 1. The van der Waals surface area contributed by atoms with E-state index in [9.17, 15) is 4.79 Å². The van der Waals surface area contributed by atoms with E-state index in [0.717, 1.165) is 11.3 Å². The minimum Gasteiger partial charge on any atom is -0.464 e. The lowest BCUT2D eigenvalue weighted by molar-refractivity contribution is -0.147. The quantitative estimate of drug-likeness (QED) is 0.794. The fraction of sp³-hybridized carbons (Fsp3) is 0.462. The third kappa shape index (κ3) is 2.99. The minimum atomic E-state index is -0.706. The molecule has 0 saturated carbocycles. The minimum absolute atomic E-state index is 0.238. The molecule has 0 amide bonds. The zero-order valence-electron chi connectivity index (χ0n) is 10.3. The summed E-state index contributed by atoms with van der Waals surface area (Å²) in [4.78, 5) is 11.7. The fourth-order valence-corrected chi connectivity index (χ4v) is 1.41. The van der Waals surface area contributed by atoms with Gasteiger partial charge in [-0.1, -0.05) is 18.2 Å². The standard InChI is InChI=1S/C13H19NO2/c1-5-16-12(15)13(3,4)14-11-9-7-6-8-10(11)2/h6-9,14H,5H2,1-4H3. The van der Waals surface area contributed by atoms with Gasteiger partial charge in [-0.25, -0.2) is 4.79 Å². The molecule has 0 atom stereocenters. The van der Waals surface area contributed by atoms with E-state index < -0.39 is 5.54 Å². The highest BCUT2D eigenvalue weighted by Gasteiger charge is 2.29. The normalized spacial score (nSPS) is 11.0. The average molecular weight is 221 g/mol. The second-order valence-corrected chi connectivity index (χ2v) is 4.29. The van der Waals surface area contributed by atoms with Crippen molar-refractivity contribution in [2.24, 2.45) is 0 Å². The first-order chi connectivity index (χ1) is 7.47. The molecule has 1 rings (SSSR count). The number of aryl methyl sites for hydroxylation is 1. The number of hydrogen-bond acceptors (Lipinski definition) is 3. The van der Waals surface area contributed by atoms with E-state index in [2.05, 4.69) is 5.32 Å². The number of nitrogens with one attached hydrogen (secondary N) is 1. The molecule has 1 aromatic carbocycles. The van der Waals surface area contributed by atoms with Crippen LogP contribution < -0.4 is 5.32 Å². The summed E-state index contributed by atoms with van der Waals surface area (Å²) in [7, 11) is 0. The van der Waals surface area contributed by atoms with Gasteiger partial charge in [-0.15, -0.1) is 0 Å². The number of benzene rings is 1. The monoisotopic (exact) mass is 221 g/mol. The van der Waals surface area contributed by atoms with Gasteiger partial charge < -0.3 is 10.1 Å². The van der Waals surface area contributed by atoms with Crippen LogP contribution in [0.25, 0.3) is 0 Å². The van der Waals surface area contributed by atoms with E-state index in [1.807, 2.05) is 52.0 Å². The number of ether oxygens (including phenoxy) is 1. The summed E-state index contributed by atoms with van der Waals surface area (Å²) in [6, 6.07) is 7.87. The molecule has 0 aliphatic carbocycles. The molecule has 3 nitrogen and oxygen atoms in total. The van der Waals surface area contributed by atoms with E-state index in [-0.39, 0.29) is 5.97 Å². The van der Waals surface area contributed by atoms with Crippen LogP contribution in [0.2, 0.25) is 0 Å². The SMILES string of the molecule is CCOC(=O)C(C)(C)Nc1ccccc1C. The molecule has 1 N–H and O–H groups in total. The van der Waals surface area contributed by atoms with Crippen LogP contribution in [-0.2, 0) is 9.53 Å². The highest BCUT2D eigenvalue weighted by molar-refractivity contribution is 5.83. The third-order valence-electron chi connectivity index (χ3n) is 2.38. The van der Waals surface area contributed by atoms with Crippen molar-refractivity contribution >= 4 is 11.7 Å². The van der Waals surface area contributed by atoms with Crippen LogP contribution in [0.5, 0.6) is 0 Å². The van der Waals surface area contributed by atoms with E-state index in [4.69, 9.17) is 4.74 Å². The molecule has 0 spiro atoms. The van der Waals surface area contributed by atoms with Gasteiger partial charge in [-0.2, -0.15) is 0 Å². The molecule has 88 valence electrons. The first-order valence-corrected chi connectivity index (χ1v) is 5.48. The summed E-state index contributed by atoms with van der Waals surface area (Å²) in [5.74, 6) is -0.238. The molecule has 0 aliphatic heterocycles. The Bertz CT molecular complexity index is 372. The van der Waals surface area contributed by atoms with E-state index in [1.54, 1.807) is 0 Å². The van der Waals surface area contributed by atoms with Crippen molar-refractivity contribution in [1.82, 2.24) is 0 Å². The second-order valence-electron chi connectivity index (χ2n) is 4.29. The van der Waals surface area contributed by atoms with Crippen molar-refractivity contribution in [1.29, 1.82) is 0 Å². The number of carbonyl (C=O) groups excluding carboxylic acids is 1. The van der Waals surface area contributed by atoms with Crippen LogP contribution in [0, 0.1) is 6.92 Å². The average Bonchev–Trinajstić information content (AvgIpc) is 2.21. The summed E-state index contributed by atoms with van der Waals surface area (Å²) in [6.45, 7) is 7.85. The smallest absolute Gasteiger partial charge is 0.331 e. The lowest BCUT2D eigenvalue weighted by atomic mass is 10.0. The van der Waals surface area contributed by atoms with Crippen LogP contribution in [-0.4, -0.2) is 18.1 Å². The van der Waals surface area contributed by atoms with Gasteiger partial charge in [0.1, 0.15) is 5.54 Å². The molecule has 1 aromatic rings. The Morgan fingerprint density at radius 3 is 2.56 bits per heavy atom. The Morgan fingerprint density at radius 1 is 1.38 bits per heavy atom. The van der Waals surface area contributed by atoms with Crippen molar-refractivity contribution in [3.05, 3.63) is 29.8 Å². The highest BCUT2D eigenvalue weighted by Crippen LogP contribution is 2.19. The Kier molecular flexibility index (Phi) is 3.93. The largest absolute Gasteiger partial charge is 0.464 e. The van der Waals surface area contributed by atoms with E-state index in [1.165, 1.54) is 0 Å². The van der Waals surface area contributed by atoms with Gasteiger partial charge in [-0.05, 0) is 39.3 Å². The van der Waals surface area contributed by atoms with Crippen LogP contribution >= 0.6 is 0 Å². The predicted octanol–water partition coefficient (Wildman–Crippen LogP) is 2.75. The topological polar surface area (TPSA) is 38.3 Å². The molecular formula is C13H19NO2. The van der Waals surface area contributed by atoms with Gasteiger partial charge in [0.2, 0.25) is 0 Å². The van der Waals surface area contributed by atoms with Crippen molar-refractivity contribution in [3.63, 3.8) is 0 Å². The molecule has 16 heavy (non-hydrogen) atoms. The number of rotatable bonds is 4. The zero-order valence-corrected chi connectivity index (χ0v) is 10.3. The summed E-state index contributed by atoms with van der Waals surface area (Å²) >= 11 is 0. The molecule has 0 aliphatic rings. The molecular weight excluding hydrogens is 202 g/mol. The van der Waals surface area contributed by atoms with Gasteiger partial charge in [0.05, 0.1) is 6.61 Å². The number of esters is 1. The van der Waals surface area contributed by atoms with Crippen molar-refractivity contribution in [2.45, 2.75) is 33.2 Å². The van der Waals surface area contributed by atoms with Crippen molar-refractivity contribution < 1.29 is 9.53 Å². The zero-order chi connectivity index (χ0) is 12.2. The fourth-order valence-electron chi connectivity index (χ4n) is 1.41. The van der Waals surface area contributed by atoms with Crippen LogP contribution in [0.4, 0.5) is 5.69 Å².